The molecular formula is C26H29NOS. The highest BCUT2D eigenvalue weighted by Crippen LogP contribution is 2.41. The van der Waals surface area contributed by atoms with E-state index in [1.54, 1.807) is 5.57 Å². The number of carbonyl (C=O) groups is 1. The van der Waals surface area contributed by atoms with Crippen LogP contribution in [0.2, 0.25) is 0 Å². The Kier molecular flexibility index (Phi) is 6.33. The third kappa shape index (κ3) is 4.71. The van der Waals surface area contributed by atoms with E-state index >= 15 is 0 Å². The van der Waals surface area contributed by atoms with E-state index in [4.69, 9.17) is 0 Å². The van der Waals surface area contributed by atoms with Gasteiger partial charge < -0.3 is 4.90 Å². The van der Waals surface area contributed by atoms with Crippen LogP contribution in [0, 0.1) is 23.7 Å². The topological polar surface area (TPSA) is 20.3 Å². The fourth-order valence-electron chi connectivity index (χ4n) is 4.67. The zero-order valence-corrected chi connectivity index (χ0v) is 18.2. The van der Waals surface area contributed by atoms with Gasteiger partial charge in [0.1, 0.15) is 0 Å². The Balaban J connectivity index is 1.69. The summed E-state index contributed by atoms with van der Waals surface area (Å²) in [6.45, 7) is 4.47. The highest BCUT2D eigenvalue weighted by Gasteiger charge is 2.28. The number of benzene rings is 1. The van der Waals surface area contributed by atoms with Crippen LogP contribution in [0.25, 0.3) is 5.57 Å². The molecule has 0 atom stereocenters. The van der Waals surface area contributed by atoms with Crippen LogP contribution in [-0.2, 0) is 0 Å². The second-order valence-electron chi connectivity index (χ2n) is 8.57. The molecule has 1 aromatic carbocycles. The van der Waals surface area contributed by atoms with Crippen LogP contribution in [-0.4, -0.2) is 31.3 Å². The zero-order valence-electron chi connectivity index (χ0n) is 17.4. The minimum atomic E-state index is 0.669. The molecule has 2 aliphatic rings. The third-order valence-electron chi connectivity index (χ3n) is 6.38. The molecule has 0 amide bonds. The largest absolute Gasteiger partial charge is 0.302 e. The average Bonchev–Trinajstić information content (AvgIpc) is 3.17. The van der Waals surface area contributed by atoms with E-state index in [0.717, 1.165) is 52.6 Å². The van der Waals surface area contributed by atoms with Gasteiger partial charge in [0.2, 0.25) is 0 Å². The van der Waals surface area contributed by atoms with Gasteiger partial charge in [-0.2, -0.15) is 0 Å². The van der Waals surface area contributed by atoms with Gasteiger partial charge in [-0.1, -0.05) is 49.8 Å². The summed E-state index contributed by atoms with van der Waals surface area (Å²) in [6, 6.07) is 12.2. The van der Waals surface area contributed by atoms with E-state index in [-0.39, 0.29) is 0 Å². The van der Waals surface area contributed by atoms with Gasteiger partial charge in [0.25, 0.3) is 0 Å². The van der Waals surface area contributed by atoms with Crippen molar-refractivity contribution in [3.8, 4) is 11.8 Å². The molecule has 1 aliphatic carbocycles. The molecule has 2 aromatic rings. The molecule has 3 heteroatoms. The maximum absolute atomic E-state index is 11.9. The number of hydrogen-bond acceptors (Lipinski definition) is 3. The first-order valence-corrected chi connectivity index (χ1v) is 11.5. The second kappa shape index (κ2) is 9.11. The molecule has 0 spiro atoms. The summed E-state index contributed by atoms with van der Waals surface area (Å²) in [5.74, 6) is 8.03. The first kappa shape index (κ1) is 20.1. The summed E-state index contributed by atoms with van der Waals surface area (Å²) < 4.78 is 0. The van der Waals surface area contributed by atoms with Gasteiger partial charge in [0.15, 0.2) is 6.29 Å². The molecule has 1 aromatic heterocycles. The minimum absolute atomic E-state index is 0.669. The number of nitrogens with zero attached hydrogens (tertiary/aromatic N) is 1. The van der Waals surface area contributed by atoms with E-state index in [1.807, 2.05) is 30.3 Å². The van der Waals surface area contributed by atoms with Gasteiger partial charge in [-0.05, 0) is 67.5 Å². The summed E-state index contributed by atoms with van der Waals surface area (Å²) in [7, 11) is 2.22. The predicted molar refractivity (Wildman–Crippen MR) is 122 cm³/mol. The van der Waals surface area contributed by atoms with Crippen molar-refractivity contribution < 1.29 is 4.79 Å². The fourth-order valence-corrected chi connectivity index (χ4v) is 5.52. The number of carbonyl (C=O) groups excluding carboxylic acids is 1. The molecule has 2 nitrogen and oxygen atoms in total. The molecule has 0 radical (unpaired) electrons. The Labute approximate surface area is 178 Å². The first-order chi connectivity index (χ1) is 14.1. The number of likely N-dealkylation sites (N-methyl/N-ethyl adjacent to an activating group) is 1. The zero-order chi connectivity index (χ0) is 20.2. The quantitative estimate of drug-likeness (QED) is 0.471. The lowest BCUT2D eigenvalue weighted by Gasteiger charge is -2.35. The normalized spacial score (nSPS) is 22.8. The molecule has 0 saturated heterocycles. The average molecular weight is 404 g/mol. The van der Waals surface area contributed by atoms with Crippen LogP contribution in [0.1, 0.15) is 64.7 Å². The molecule has 150 valence electrons. The molecule has 4 rings (SSSR count). The Morgan fingerprint density at radius 2 is 1.86 bits per heavy atom. The van der Waals surface area contributed by atoms with Crippen molar-refractivity contribution in [1.82, 2.24) is 4.90 Å². The van der Waals surface area contributed by atoms with Crippen molar-refractivity contribution in [2.45, 2.75) is 39.0 Å². The van der Waals surface area contributed by atoms with Crippen molar-refractivity contribution >= 4 is 23.2 Å². The van der Waals surface area contributed by atoms with Crippen molar-refractivity contribution in [3.05, 3.63) is 62.9 Å². The summed E-state index contributed by atoms with van der Waals surface area (Å²) in [5, 5.41) is 0. The smallest absolute Gasteiger partial charge is 0.160 e. The maximum Gasteiger partial charge on any atom is 0.160 e. The van der Waals surface area contributed by atoms with Gasteiger partial charge in [-0.3, -0.25) is 4.79 Å². The van der Waals surface area contributed by atoms with Crippen molar-refractivity contribution in [2.24, 2.45) is 11.8 Å². The van der Waals surface area contributed by atoms with E-state index in [9.17, 15) is 4.79 Å². The van der Waals surface area contributed by atoms with Crippen LogP contribution >= 0.6 is 11.3 Å². The van der Waals surface area contributed by atoms with Gasteiger partial charge in [-0.25, -0.2) is 0 Å². The lowest BCUT2D eigenvalue weighted by atomic mass is 9.75. The summed E-state index contributed by atoms with van der Waals surface area (Å²) >= 11 is 1.53. The molecule has 29 heavy (non-hydrogen) atoms. The van der Waals surface area contributed by atoms with Gasteiger partial charge in [0.05, 0.1) is 9.75 Å². The molecule has 1 saturated carbocycles. The number of hydrogen-bond donors (Lipinski definition) is 0. The van der Waals surface area contributed by atoms with Crippen LogP contribution < -0.4 is 0 Å². The Bertz CT molecular complexity index is 952. The number of rotatable bonds is 3. The van der Waals surface area contributed by atoms with Crippen molar-refractivity contribution in [1.29, 1.82) is 0 Å². The predicted octanol–water partition coefficient (Wildman–Crippen LogP) is 5.88. The summed E-state index contributed by atoms with van der Waals surface area (Å²) in [4.78, 5) is 16.1. The van der Waals surface area contributed by atoms with E-state index in [1.165, 1.54) is 42.6 Å². The molecule has 0 unspecified atom stereocenters. The lowest BCUT2D eigenvalue weighted by molar-refractivity contribution is 0.112. The van der Waals surface area contributed by atoms with Crippen molar-refractivity contribution in [3.63, 3.8) is 0 Å². The molecule has 1 fully saturated rings. The highest BCUT2D eigenvalue weighted by atomic mass is 32.1. The Morgan fingerprint density at radius 1 is 1.10 bits per heavy atom. The van der Waals surface area contributed by atoms with E-state index in [0.29, 0.717) is 5.92 Å². The number of thiophene rings is 1. The van der Waals surface area contributed by atoms with Crippen LogP contribution in [0.3, 0.4) is 0 Å². The van der Waals surface area contributed by atoms with Crippen LogP contribution in [0.15, 0.2) is 42.0 Å². The van der Waals surface area contributed by atoms with E-state index < -0.39 is 0 Å². The second-order valence-corrected chi connectivity index (χ2v) is 9.65. The molecular weight excluding hydrogens is 374 g/mol. The minimum Gasteiger partial charge on any atom is -0.302 e. The molecule has 0 bridgehead atoms. The fraction of sp³-hybridized carbons (Fsp3) is 0.423. The highest BCUT2D eigenvalue weighted by molar-refractivity contribution is 7.14. The van der Waals surface area contributed by atoms with Crippen LogP contribution in [0.4, 0.5) is 0 Å². The SMILES string of the molecule is CC1CCC(C2=C(c3cc(C#Cc4ccccc4)sc3C=O)CCN(C)C2)CC1. The molecule has 0 N–H and O–H groups in total. The van der Waals surface area contributed by atoms with Gasteiger partial charge in [0, 0.05) is 24.2 Å². The van der Waals surface area contributed by atoms with E-state index in [2.05, 4.69) is 36.8 Å². The molecule has 2 heterocycles. The maximum atomic E-state index is 11.9. The van der Waals surface area contributed by atoms with Crippen molar-refractivity contribution in [2.75, 3.05) is 20.1 Å². The monoisotopic (exact) mass is 403 g/mol. The summed E-state index contributed by atoms with van der Waals surface area (Å²) in [5.41, 5.74) is 5.15. The molecule has 1 aliphatic heterocycles. The Hall–Kier alpha value is -2.15. The first-order valence-electron chi connectivity index (χ1n) is 10.7. The third-order valence-corrected chi connectivity index (χ3v) is 7.35. The lowest BCUT2D eigenvalue weighted by Crippen LogP contribution is -2.31. The van der Waals surface area contributed by atoms with Crippen LogP contribution in [0.5, 0.6) is 0 Å². The standard InChI is InChI=1S/C26H29NOS/c1-19-8-11-21(12-9-19)25-17-27(2)15-14-23(25)24-16-22(29-26(24)18-28)13-10-20-6-4-3-5-7-20/h3-7,16,18-19,21H,8-9,11-12,14-15,17H2,1-2H3. The van der Waals surface area contributed by atoms with Gasteiger partial charge >= 0.3 is 0 Å². The Morgan fingerprint density at radius 3 is 2.59 bits per heavy atom. The summed E-state index contributed by atoms with van der Waals surface area (Å²) in [6.07, 6.45) is 7.27. The number of aldehydes is 1. The van der Waals surface area contributed by atoms with Gasteiger partial charge in [-0.15, -0.1) is 11.3 Å².